The van der Waals surface area contributed by atoms with Gasteiger partial charge in [0.25, 0.3) is 0 Å². The summed E-state index contributed by atoms with van der Waals surface area (Å²) in [4.78, 5) is 10.9. The van der Waals surface area contributed by atoms with Crippen molar-refractivity contribution >= 4 is 5.96 Å². The van der Waals surface area contributed by atoms with Gasteiger partial charge in [-0.05, 0) is 43.7 Å². The van der Waals surface area contributed by atoms with Crippen molar-refractivity contribution in [2.45, 2.75) is 20.4 Å². The van der Waals surface area contributed by atoms with Gasteiger partial charge in [0.15, 0.2) is 11.8 Å². The average Bonchev–Trinajstić information content (AvgIpc) is 3.07. The minimum atomic E-state index is 0.583. The van der Waals surface area contributed by atoms with Gasteiger partial charge in [0.2, 0.25) is 0 Å². The Morgan fingerprint density at radius 1 is 1.17 bits per heavy atom. The van der Waals surface area contributed by atoms with Crippen molar-refractivity contribution in [1.29, 1.82) is 0 Å². The smallest absolute Gasteiger partial charge is 0.193 e. The molecule has 0 aliphatic heterocycles. The first-order valence-corrected chi connectivity index (χ1v) is 9.65. The quantitative estimate of drug-likeness (QED) is 0.495. The average molecular weight is 393 g/mol. The van der Waals surface area contributed by atoms with Crippen molar-refractivity contribution < 1.29 is 4.74 Å². The van der Waals surface area contributed by atoms with E-state index in [1.165, 1.54) is 0 Å². The predicted octanol–water partition coefficient (Wildman–Crippen LogP) is 2.97. The number of ether oxygens (including phenoxy) is 1. The summed E-state index contributed by atoms with van der Waals surface area (Å²) in [5, 5.41) is 7.84. The Hall–Kier alpha value is -3.35. The number of nitrogens with one attached hydrogen (secondary N) is 1. The molecule has 2 heterocycles. The van der Waals surface area contributed by atoms with Gasteiger partial charge >= 0.3 is 0 Å². The fraction of sp³-hybridized carbons (Fsp3) is 0.318. The lowest BCUT2D eigenvalue weighted by atomic mass is 10.3. The Labute approximate surface area is 172 Å². The molecule has 7 nitrogen and oxygen atoms in total. The molecule has 1 N–H and O–H groups in total. The highest BCUT2D eigenvalue weighted by atomic mass is 16.5. The number of pyridine rings is 1. The number of hydrogen-bond donors (Lipinski definition) is 1. The molecule has 3 aromatic rings. The van der Waals surface area contributed by atoms with Gasteiger partial charge < -0.3 is 15.0 Å². The van der Waals surface area contributed by atoms with Crippen LogP contribution in [-0.4, -0.2) is 52.9 Å². The van der Waals surface area contributed by atoms with E-state index in [2.05, 4.69) is 26.5 Å². The molecule has 0 amide bonds. The number of benzene rings is 1. The van der Waals surface area contributed by atoms with Crippen LogP contribution < -0.4 is 10.1 Å². The molecular formula is C22H28N6O. The van der Waals surface area contributed by atoms with Crippen LogP contribution in [0.5, 0.6) is 5.75 Å². The van der Waals surface area contributed by atoms with Crippen LogP contribution in [0.25, 0.3) is 5.82 Å². The third kappa shape index (κ3) is 5.57. The summed E-state index contributed by atoms with van der Waals surface area (Å²) in [6.45, 7) is 5.96. The number of aliphatic imine (C=N–C) groups is 1. The number of rotatable bonds is 7. The molecule has 0 saturated heterocycles. The number of aromatic nitrogens is 3. The topological polar surface area (TPSA) is 67.6 Å². The van der Waals surface area contributed by atoms with Gasteiger partial charge in [0.05, 0.1) is 12.2 Å². The minimum absolute atomic E-state index is 0.583. The maximum atomic E-state index is 5.76. The number of guanidine groups is 1. The summed E-state index contributed by atoms with van der Waals surface area (Å²) in [6, 6.07) is 15.9. The summed E-state index contributed by atoms with van der Waals surface area (Å²) in [5.41, 5.74) is 3.13. The van der Waals surface area contributed by atoms with Gasteiger partial charge in [-0.25, -0.2) is 9.67 Å². The maximum Gasteiger partial charge on any atom is 0.193 e. The largest absolute Gasteiger partial charge is 0.492 e. The molecule has 0 spiro atoms. The molecule has 0 aliphatic rings. The summed E-state index contributed by atoms with van der Waals surface area (Å²) in [7, 11) is 3.77. The van der Waals surface area contributed by atoms with Crippen LogP contribution >= 0.6 is 0 Å². The molecule has 152 valence electrons. The number of hydrogen-bond acceptors (Lipinski definition) is 4. The first kappa shape index (κ1) is 20.4. The molecule has 0 radical (unpaired) electrons. The molecule has 0 unspecified atom stereocenters. The van der Waals surface area contributed by atoms with Gasteiger partial charge in [-0.15, -0.1) is 0 Å². The lowest BCUT2D eigenvalue weighted by Gasteiger charge is -2.22. The fourth-order valence-electron chi connectivity index (χ4n) is 3.00. The zero-order valence-corrected chi connectivity index (χ0v) is 17.5. The van der Waals surface area contributed by atoms with Gasteiger partial charge in [-0.3, -0.25) is 4.99 Å². The highest BCUT2D eigenvalue weighted by molar-refractivity contribution is 5.79. The SMILES string of the molecule is CN=C(NCc1ccc(-n2nc(C)cc2C)nc1)N(C)CCOc1ccccc1. The van der Waals surface area contributed by atoms with E-state index in [0.717, 1.165) is 41.0 Å². The number of nitrogens with zero attached hydrogens (tertiary/aromatic N) is 5. The lowest BCUT2D eigenvalue weighted by Crippen LogP contribution is -2.40. The lowest BCUT2D eigenvalue weighted by molar-refractivity contribution is 0.281. The first-order valence-electron chi connectivity index (χ1n) is 9.65. The van der Waals surface area contributed by atoms with E-state index in [0.29, 0.717) is 13.2 Å². The fourth-order valence-corrected chi connectivity index (χ4v) is 3.00. The predicted molar refractivity (Wildman–Crippen MR) is 116 cm³/mol. The van der Waals surface area contributed by atoms with Crippen LogP contribution in [0.4, 0.5) is 0 Å². The van der Waals surface area contributed by atoms with Crippen LogP contribution in [0, 0.1) is 13.8 Å². The third-order valence-electron chi connectivity index (χ3n) is 4.50. The van der Waals surface area contributed by atoms with Crippen molar-refractivity contribution in [2.75, 3.05) is 27.2 Å². The summed E-state index contributed by atoms with van der Waals surface area (Å²) in [6.07, 6.45) is 1.87. The van der Waals surface area contributed by atoms with Crippen molar-refractivity contribution in [3.63, 3.8) is 0 Å². The number of likely N-dealkylation sites (N-methyl/N-ethyl adjacent to an activating group) is 1. The highest BCUT2D eigenvalue weighted by Crippen LogP contribution is 2.10. The van der Waals surface area contributed by atoms with Crippen molar-refractivity contribution in [2.24, 2.45) is 4.99 Å². The van der Waals surface area contributed by atoms with Crippen molar-refractivity contribution in [1.82, 2.24) is 25.0 Å². The van der Waals surface area contributed by atoms with E-state index in [1.807, 2.05) is 79.1 Å². The molecule has 0 bridgehead atoms. The van der Waals surface area contributed by atoms with E-state index in [-0.39, 0.29) is 0 Å². The van der Waals surface area contributed by atoms with E-state index >= 15 is 0 Å². The van der Waals surface area contributed by atoms with Gasteiger partial charge in [0.1, 0.15) is 12.4 Å². The molecular weight excluding hydrogens is 364 g/mol. The van der Waals surface area contributed by atoms with E-state index in [9.17, 15) is 0 Å². The minimum Gasteiger partial charge on any atom is -0.492 e. The summed E-state index contributed by atoms with van der Waals surface area (Å²) < 4.78 is 7.61. The molecule has 0 saturated carbocycles. The zero-order chi connectivity index (χ0) is 20.6. The zero-order valence-electron chi connectivity index (χ0n) is 17.5. The normalized spacial score (nSPS) is 11.4. The first-order chi connectivity index (χ1) is 14.1. The van der Waals surface area contributed by atoms with Crippen molar-refractivity contribution in [3.8, 4) is 11.6 Å². The molecule has 1 aromatic carbocycles. The van der Waals surface area contributed by atoms with E-state index in [1.54, 1.807) is 7.05 Å². The van der Waals surface area contributed by atoms with Crippen molar-refractivity contribution in [3.05, 3.63) is 71.7 Å². The van der Waals surface area contributed by atoms with Crippen LogP contribution in [0.15, 0.2) is 59.7 Å². The van der Waals surface area contributed by atoms with Crippen LogP contribution in [0.3, 0.4) is 0 Å². The Bertz CT molecular complexity index is 934. The van der Waals surface area contributed by atoms with E-state index < -0.39 is 0 Å². The second-order valence-electron chi connectivity index (χ2n) is 6.85. The Morgan fingerprint density at radius 3 is 2.59 bits per heavy atom. The Balaban J connectivity index is 1.50. The van der Waals surface area contributed by atoms with Crippen LogP contribution in [0.1, 0.15) is 17.0 Å². The standard InChI is InChI=1S/C22H28N6O/c1-17-14-18(2)28(26-17)21-11-10-19(15-24-21)16-25-22(23-3)27(4)12-13-29-20-8-6-5-7-9-20/h5-11,14-15H,12-13,16H2,1-4H3,(H,23,25). The monoisotopic (exact) mass is 392 g/mol. The molecule has 0 fully saturated rings. The molecule has 7 heteroatoms. The summed E-state index contributed by atoms with van der Waals surface area (Å²) >= 11 is 0. The van der Waals surface area contributed by atoms with Gasteiger partial charge in [0, 0.05) is 32.5 Å². The molecule has 0 atom stereocenters. The second-order valence-corrected chi connectivity index (χ2v) is 6.85. The van der Waals surface area contributed by atoms with Gasteiger partial charge in [-0.1, -0.05) is 24.3 Å². The molecule has 29 heavy (non-hydrogen) atoms. The molecule has 0 aliphatic carbocycles. The second kappa shape index (κ2) is 9.73. The molecule has 2 aromatic heterocycles. The van der Waals surface area contributed by atoms with Crippen LogP contribution in [0.2, 0.25) is 0 Å². The van der Waals surface area contributed by atoms with Crippen LogP contribution in [-0.2, 0) is 6.54 Å². The number of para-hydroxylation sites is 1. The molecule has 3 rings (SSSR count). The third-order valence-corrected chi connectivity index (χ3v) is 4.50. The van der Waals surface area contributed by atoms with Gasteiger partial charge in [-0.2, -0.15) is 5.10 Å². The number of aryl methyl sites for hydroxylation is 2. The van der Waals surface area contributed by atoms with E-state index in [4.69, 9.17) is 4.74 Å². The Kier molecular flexibility index (Phi) is 6.84. The summed E-state index contributed by atoms with van der Waals surface area (Å²) in [5.74, 6) is 2.50. The Morgan fingerprint density at radius 2 is 1.97 bits per heavy atom. The maximum absolute atomic E-state index is 5.76. The highest BCUT2D eigenvalue weighted by Gasteiger charge is 2.08.